The van der Waals surface area contributed by atoms with Crippen molar-refractivity contribution in [3.8, 4) is 5.75 Å². The molecule has 3 aromatic carbocycles. The zero-order valence-corrected chi connectivity index (χ0v) is 11.9. The maximum Gasteiger partial charge on any atom is 0.342 e. The van der Waals surface area contributed by atoms with Crippen LogP contribution in [-0.4, -0.2) is 12.6 Å². The Kier molecular flexibility index (Phi) is 3.04. The number of ether oxygens (including phenoxy) is 2. The van der Waals surface area contributed by atoms with Crippen LogP contribution in [0, 0.1) is 0 Å². The monoisotopic (exact) mass is 290 g/mol. The highest BCUT2D eigenvalue weighted by Crippen LogP contribution is 2.30. The first-order chi connectivity index (χ1) is 10.8. The molecule has 1 atom stereocenters. The van der Waals surface area contributed by atoms with Crippen LogP contribution in [0.15, 0.2) is 66.7 Å². The Labute approximate surface area is 128 Å². The number of hydrogen-bond donors (Lipinski definition) is 0. The van der Waals surface area contributed by atoms with Crippen molar-refractivity contribution in [3.05, 3.63) is 77.9 Å². The molecule has 3 heteroatoms. The van der Waals surface area contributed by atoms with Crippen molar-refractivity contribution in [3.63, 3.8) is 0 Å². The summed E-state index contributed by atoms with van der Waals surface area (Å²) in [4.78, 5) is 12.3. The van der Waals surface area contributed by atoms with Crippen LogP contribution in [0.3, 0.4) is 0 Å². The molecule has 3 nitrogen and oxygen atoms in total. The Balaban J connectivity index is 1.70. The maximum absolute atomic E-state index is 12.3. The van der Waals surface area contributed by atoms with Gasteiger partial charge in [-0.25, -0.2) is 4.79 Å². The molecule has 1 aliphatic heterocycles. The van der Waals surface area contributed by atoms with Crippen molar-refractivity contribution in [2.45, 2.75) is 6.10 Å². The zero-order chi connectivity index (χ0) is 14.9. The molecule has 0 unspecified atom stereocenters. The van der Waals surface area contributed by atoms with E-state index < -0.39 is 6.10 Å². The van der Waals surface area contributed by atoms with Crippen LogP contribution >= 0.6 is 0 Å². The minimum Gasteiger partial charge on any atom is -0.488 e. The van der Waals surface area contributed by atoms with Crippen molar-refractivity contribution in [2.75, 3.05) is 6.61 Å². The van der Waals surface area contributed by atoms with E-state index in [1.165, 1.54) is 0 Å². The Morgan fingerprint density at radius 3 is 2.55 bits per heavy atom. The van der Waals surface area contributed by atoms with Gasteiger partial charge in [0.05, 0.1) is 0 Å². The molecule has 0 spiro atoms. The van der Waals surface area contributed by atoms with Crippen LogP contribution in [0.5, 0.6) is 5.75 Å². The Bertz CT molecular complexity index is 854. The Morgan fingerprint density at radius 2 is 1.64 bits per heavy atom. The van der Waals surface area contributed by atoms with E-state index in [0.717, 1.165) is 16.3 Å². The third-order valence-corrected chi connectivity index (χ3v) is 3.89. The molecule has 1 heterocycles. The number of hydrogen-bond acceptors (Lipinski definition) is 3. The molecule has 22 heavy (non-hydrogen) atoms. The van der Waals surface area contributed by atoms with E-state index in [1.54, 1.807) is 18.2 Å². The number of carbonyl (C=O) groups excluding carboxylic acids is 1. The molecule has 0 saturated carbocycles. The quantitative estimate of drug-likeness (QED) is 0.632. The molecule has 4 rings (SSSR count). The molecule has 0 N–H and O–H groups in total. The van der Waals surface area contributed by atoms with Crippen LogP contribution < -0.4 is 4.74 Å². The molecule has 0 fully saturated rings. The maximum atomic E-state index is 12.3. The van der Waals surface area contributed by atoms with Crippen molar-refractivity contribution in [1.82, 2.24) is 0 Å². The van der Waals surface area contributed by atoms with E-state index in [-0.39, 0.29) is 5.97 Å². The summed E-state index contributed by atoms with van der Waals surface area (Å²) in [6.07, 6.45) is -0.399. The summed E-state index contributed by atoms with van der Waals surface area (Å²) in [7, 11) is 0. The first kappa shape index (κ1) is 12.9. The molecule has 1 aliphatic rings. The number of fused-ring (bicyclic) bond motifs is 2. The summed E-state index contributed by atoms with van der Waals surface area (Å²) >= 11 is 0. The topological polar surface area (TPSA) is 35.5 Å². The lowest BCUT2D eigenvalue weighted by Crippen LogP contribution is -2.13. The minimum absolute atomic E-state index is 0.321. The number of esters is 1. The second-order valence-corrected chi connectivity index (χ2v) is 5.31. The van der Waals surface area contributed by atoms with Gasteiger partial charge in [0.15, 0.2) is 6.10 Å². The van der Waals surface area contributed by atoms with Crippen molar-refractivity contribution < 1.29 is 14.3 Å². The zero-order valence-electron chi connectivity index (χ0n) is 11.9. The van der Waals surface area contributed by atoms with Gasteiger partial charge in [-0.2, -0.15) is 0 Å². The molecular formula is C19H14O3. The van der Waals surface area contributed by atoms with Gasteiger partial charge in [-0.1, -0.05) is 48.5 Å². The van der Waals surface area contributed by atoms with Gasteiger partial charge in [-0.3, -0.25) is 0 Å². The number of carbonyl (C=O) groups is 1. The Morgan fingerprint density at radius 1 is 0.864 bits per heavy atom. The van der Waals surface area contributed by atoms with Gasteiger partial charge < -0.3 is 9.47 Å². The molecule has 0 aromatic heterocycles. The predicted molar refractivity (Wildman–Crippen MR) is 84.0 cm³/mol. The summed E-state index contributed by atoms with van der Waals surface area (Å²) < 4.78 is 11.4. The van der Waals surface area contributed by atoms with Crippen molar-refractivity contribution in [1.29, 1.82) is 0 Å². The summed E-state index contributed by atoms with van der Waals surface area (Å²) in [5.41, 5.74) is 1.42. The first-order valence-corrected chi connectivity index (χ1v) is 7.23. The van der Waals surface area contributed by atoms with E-state index in [0.29, 0.717) is 17.9 Å². The van der Waals surface area contributed by atoms with E-state index in [1.807, 2.05) is 42.5 Å². The van der Waals surface area contributed by atoms with Gasteiger partial charge in [0.2, 0.25) is 0 Å². The lowest BCUT2D eigenvalue weighted by molar-refractivity contribution is 0.0232. The fourth-order valence-electron chi connectivity index (χ4n) is 2.73. The number of benzene rings is 3. The number of para-hydroxylation sites is 1. The van der Waals surface area contributed by atoms with Gasteiger partial charge in [-0.15, -0.1) is 0 Å². The normalized spacial score (nSPS) is 17.3. The molecule has 108 valence electrons. The highest BCUT2D eigenvalue weighted by molar-refractivity contribution is 5.93. The Hall–Kier alpha value is -2.81. The van der Waals surface area contributed by atoms with Gasteiger partial charge in [0.1, 0.15) is 17.9 Å². The van der Waals surface area contributed by atoms with Crippen molar-refractivity contribution >= 4 is 16.7 Å². The predicted octanol–water partition coefficient (Wildman–Crippen LogP) is 4.13. The summed E-state index contributed by atoms with van der Waals surface area (Å²) in [6.45, 7) is 0.321. The van der Waals surface area contributed by atoms with Gasteiger partial charge >= 0.3 is 5.97 Å². The minimum atomic E-state index is -0.399. The van der Waals surface area contributed by atoms with Gasteiger partial charge in [0, 0.05) is 0 Å². The lowest BCUT2D eigenvalue weighted by Gasteiger charge is -2.15. The summed E-state index contributed by atoms with van der Waals surface area (Å²) in [5, 5.41) is 2.29. The molecule has 0 aliphatic carbocycles. The van der Waals surface area contributed by atoms with Crippen LogP contribution in [0.2, 0.25) is 0 Å². The molecule has 0 radical (unpaired) electrons. The van der Waals surface area contributed by atoms with E-state index in [4.69, 9.17) is 9.47 Å². The summed E-state index contributed by atoms with van der Waals surface area (Å²) in [6, 6.07) is 21.4. The fourth-order valence-corrected chi connectivity index (χ4v) is 2.73. The highest BCUT2D eigenvalue weighted by Gasteiger charge is 2.25. The van der Waals surface area contributed by atoms with Crippen molar-refractivity contribution in [2.24, 2.45) is 0 Å². The smallest absolute Gasteiger partial charge is 0.342 e. The second kappa shape index (κ2) is 5.19. The molecule has 0 amide bonds. The SMILES string of the molecule is O=C1O[C@@H](c2ccc3ccccc3c2)COc2ccccc21. The molecular weight excluding hydrogens is 276 g/mol. The van der Waals surface area contributed by atoms with Gasteiger partial charge in [-0.05, 0) is 34.5 Å². The first-order valence-electron chi connectivity index (χ1n) is 7.23. The summed E-state index contributed by atoms with van der Waals surface area (Å²) in [5.74, 6) is 0.238. The van der Waals surface area contributed by atoms with Crippen LogP contribution in [0.25, 0.3) is 10.8 Å². The third-order valence-electron chi connectivity index (χ3n) is 3.89. The third kappa shape index (κ3) is 2.21. The largest absolute Gasteiger partial charge is 0.488 e. The van der Waals surface area contributed by atoms with Gasteiger partial charge in [0.25, 0.3) is 0 Å². The van der Waals surface area contributed by atoms with Crippen LogP contribution in [-0.2, 0) is 4.74 Å². The lowest BCUT2D eigenvalue weighted by atomic mass is 10.0. The second-order valence-electron chi connectivity index (χ2n) is 5.31. The van der Waals surface area contributed by atoms with Crippen LogP contribution in [0.4, 0.5) is 0 Å². The molecule has 0 bridgehead atoms. The standard InChI is InChI=1S/C19H14O3/c20-19-16-7-3-4-8-17(16)21-12-18(22-19)15-10-9-13-5-1-2-6-14(13)11-15/h1-11,18H,12H2/t18-/m1/s1. The average Bonchev–Trinajstić information content (AvgIpc) is 2.74. The fraction of sp³-hybridized carbons (Fsp3) is 0.105. The highest BCUT2D eigenvalue weighted by atomic mass is 16.6. The molecule has 3 aromatic rings. The van der Waals surface area contributed by atoms with E-state index in [2.05, 4.69) is 6.07 Å². The number of cyclic esters (lactones) is 1. The number of rotatable bonds is 1. The molecule has 0 saturated heterocycles. The van der Waals surface area contributed by atoms with Crippen LogP contribution in [0.1, 0.15) is 22.0 Å². The van der Waals surface area contributed by atoms with E-state index in [9.17, 15) is 4.79 Å². The van der Waals surface area contributed by atoms with E-state index >= 15 is 0 Å². The average molecular weight is 290 g/mol.